The minimum Gasteiger partial charge on any atom is -0.491 e. The highest BCUT2D eigenvalue weighted by Crippen LogP contribution is 2.42. The van der Waals surface area contributed by atoms with Crippen LogP contribution in [0.1, 0.15) is 37.2 Å². The van der Waals surface area contributed by atoms with E-state index in [0.29, 0.717) is 29.3 Å². The van der Waals surface area contributed by atoms with Gasteiger partial charge in [0.2, 0.25) is 0 Å². The van der Waals surface area contributed by atoms with E-state index in [-0.39, 0.29) is 6.61 Å². The van der Waals surface area contributed by atoms with E-state index in [1.165, 1.54) is 18.4 Å². The molecule has 3 heterocycles. The first-order valence-electron chi connectivity index (χ1n) is 12.0. The molecule has 1 aromatic carbocycles. The van der Waals surface area contributed by atoms with Crippen molar-refractivity contribution >= 4 is 23.1 Å². The van der Waals surface area contributed by atoms with Crippen molar-refractivity contribution < 1.29 is 14.6 Å². The summed E-state index contributed by atoms with van der Waals surface area (Å²) >= 11 is 6.46. The molecule has 1 saturated heterocycles. The van der Waals surface area contributed by atoms with Gasteiger partial charge in [0.05, 0.1) is 11.9 Å². The quantitative estimate of drug-likeness (QED) is 0.480. The van der Waals surface area contributed by atoms with Gasteiger partial charge in [0, 0.05) is 55.1 Å². The van der Waals surface area contributed by atoms with E-state index in [1.54, 1.807) is 13.1 Å². The summed E-state index contributed by atoms with van der Waals surface area (Å²) in [6, 6.07) is 8.06. The van der Waals surface area contributed by atoms with Gasteiger partial charge in [-0.25, -0.2) is 4.98 Å². The second-order valence-electron chi connectivity index (χ2n) is 9.26. The molecule has 1 atom stereocenters. The Bertz CT molecular complexity index is 1140. The van der Waals surface area contributed by atoms with Crippen LogP contribution in [0.5, 0.6) is 5.75 Å². The van der Waals surface area contributed by atoms with Crippen molar-refractivity contribution in [2.75, 3.05) is 45.4 Å². The lowest BCUT2D eigenvalue weighted by Gasteiger charge is -2.33. The highest BCUT2D eigenvalue weighted by Gasteiger charge is 2.29. The molecule has 1 saturated carbocycles. The predicted octanol–water partition coefficient (Wildman–Crippen LogP) is 3.50. The first kappa shape index (κ1) is 23.4. The number of hydrogen-bond donors (Lipinski definition) is 2. The number of likely N-dealkylation sites (N-methyl/N-ethyl adjacent to an activating group) is 1. The summed E-state index contributed by atoms with van der Waals surface area (Å²) in [5.74, 6) is 2.15. The number of benzene rings is 1. The van der Waals surface area contributed by atoms with Crippen LogP contribution in [0.25, 0.3) is 16.9 Å². The van der Waals surface area contributed by atoms with Crippen LogP contribution in [0.2, 0.25) is 5.02 Å². The number of anilines is 1. The number of nitrogens with zero attached hydrogens (tertiary/aromatic N) is 4. The summed E-state index contributed by atoms with van der Waals surface area (Å²) in [6.07, 6.45) is 5.70. The SMILES string of the molecule is CNCC(O)COc1cc(Cl)cc(-c2cc(N(C)C3CCOCC3)n3ncc(C4CC4)c3n2)c1. The molecule has 182 valence electrons. The summed E-state index contributed by atoms with van der Waals surface area (Å²) in [6.45, 7) is 2.19. The number of rotatable bonds is 9. The number of nitrogens with one attached hydrogen (secondary N) is 1. The van der Waals surface area contributed by atoms with E-state index in [1.807, 2.05) is 22.8 Å². The van der Waals surface area contributed by atoms with Crippen LogP contribution >= 0.6 is 11.6 Å². The largest absolute Gasteiger partial charge is 0.491 e. The van der Waals surface area contributed by atoms with Crippen LogP contribution in [0.15, 0.2) is 30.5 Å². The lowest BCUT2D eigenvalue weighted by Crippen LogP contribution is -2.37. The van der Waals surface area contributed by atoms with Crippen LogP contribution in [0.3, 0.4) is 0 Å². The smallest absolute Gasteiger partial charge is 0.161 e. The number of halogens is 1. The van der Waals surface area contributed by atoms with Gasteiger partial charge in [0.15, 0.2) is 5.65 Å². The third kappa shape index (κ3) is 5.00. The lowest BCUT2D eigenvalue weighted by molar-refractivity contribution is 0.0853. The number of aromatic nitrogens is 3. The van der Waals surface area contributed by atoms with Crippen molar-refractivity contribution in [1.29, 1.82) is 0 Å². The van der Waals surface area contributed by atoms with Crippen molar-refractivity contribution in [3.05, 3.63) is 41.0 Å². The van der Waals surface area contributed by atoms with E-state index in [2.05, 4.69) is 23.3 Å². The summed E-state index contributed by atoms with van der Waals surface area (Å²) in [4.78, 5) is 7.34. The first-order chi connectivity index (χ1) is 16.5. The molecule has 0 spiro atoms. The molecule has 5 rings (SSSR count). The predicted molar refractivity (Wildman–Crippen MR) is 133 cm³/mol. The fourth-order valence-electron chi connectivity index (χ4n) is 4.59. The Labute approximate surface area is 204 Å². The molecule has 1 unspecified atom stereocenters. The van der Waals surface area contributed by atoms with Crippen molar-refractivity contribution in [3.63, 3.8) is 0 Å². The Balaban J connectivity index is 1.53. The molecule has 0 amide bonds. The van der Waals surface area contributed by atoms with Gasteiger partial charge >= 0.3 is 0 Å². The maximum Gasteiger partial charge on any atom is 0.161 e. The zero-order valence-corrected chi connectivity index (χ0v) is 20.5. The topological polar surface area (TPSA) is 84.1 Å². The summed E-state index contributed by atoms with van der Waals surface area (Å²) < 4.78 is 13.4. The number of aliphatic hydroxyl groups is 1. The highest BCUT2D eigenvalue weighted by molar-refractivity contribution is 6.31. The second-order valence-corrected chi connectivity index (χ2v) is 9.70. The van der Waals surface area contributed by atoms with Crippen LogP contribution in [-0.2, 0) is 4.74 Å². The van der Waals surface area contributed by atoms with E-state index in [4.69, 9.17) is 31.2 Å². The maximum absolute atomic E-state index is 10.0. The average molecular weight is 486 g/mol. The van der Waals surface area contributed by atoms with Gasteiger partial charge in [0.1, 0.15) is 24.3 Å². The third-order valence-electron chi connectivity index (χ3n) is 6.65. The normalized spacial score (nSPS) is 17.8. The number of ether oxygens (including phenoxy) is 2. The fourth-order valence-corrected chi connectivity index (χ4v) is 4.81. The third-order valence-corrected chi connectivity index (χ3v) is 6.86. The molecule has 0 bridgehead atoms. The van der Waals surface area contributed by atoms with E-state index < -0.39 is 6.10 Å². The van der Waals surface area contributed by atoms with E-state index >= 15 is 0 Å². The molecule has 9 heteroatoms. The Kier molecular flexibility index (Phi) is 6.92. The first-order valence-corrected chi connectivity index (χ1v) is 12.4. The minimum atomic E-state index is -0.602. The van der Waals surface area contributed by atoms with Crippen LogP contribution in [0, 0.1) is 0 Å². The second kappa shape index (κ2) is 10.1. The van der Waals surface area contributed by atoms with Gasteiger partial charge in [-0.05, 0) is 56.8 Å². The molecule has 34 heavy (non-hydrogen) atoms. The Morgan fingerprint density at radius 2 is 2.03 bits per heavy atom. The number of aliphatic hydroxyl groups excluding tert-OH is 1. The van der Waals surface area contributed by atoms with Gasteiger partial charge in [-0.15, -0.1) is 0 Å². The Morgan fingerprint density at radius 1 is 1.24 bits per heavy atom. The van der Waals surface area contributed by atoms with Gasteiger partial charge in [0.25, 0.3) is 0 Å². The zero-order valence-electron chi connectivity index (χ0n) is 19.7. The molecule has 0 radical (unpaired) electrons. The van der Waals surface area contributed by atoms with Gasteiger partial charge in [-0.3, -0.25) is 0 Å². The van der Waals surface area contributed by atoms with Gasteiger partial charge in [-0.1, -0.05) is 11.6 Å². The molecular weight excluding hydrogens is 454 g/mol. The van der Waals surface area contributed by atoms with Crippen molar-refractivity contribution in [1.82, 2.24) is 19.9 Å². The fraction of sp³-hybridized carbons (Fsp3) is 0.520. The van der Waals surface area contributed by atoms with Crippen molar-refractivity contribution in [3.8, 4) is 17.0 Å². The van der Waals surface area contributed by atoms with Crippen molar-refractivity contribution in [2.24, 2.45) is 0 Å². The summed E-state index contributed by atoms with van der Waals surface area (Å²) in [5.41, 5.74) is 3.81. The molecular formula is C25H32ClN5O3. The van der Waals surface area contributed by atoms with Gasteiger partial charge in [-0.2, -0.15) is 9.61 Å². The molecule has 1 aliphatic carbocycles. The maximum atomic E-state index is 10.0. The summed E-state index contributed by atoms with van der Waals surface area (Å²) in [7, 11) is 3.92. The highest BCUT2D eigenvalue weighted by atomic mass is 35.5. The monoisotopic (exact) mass is 485 g/mol. The number of hydrogen-bond acceptors (Lipinski definition) is 7. The standard InChI is InChI=1S/C25H32ClN5O3/c1-27-13-20(32)15-34-21-10-17(9-18(26)11-21)23-12-24(30(2)19-5-7-33-8-6-19)31-25(29-23)22(14-28-31)16-3-4-16/h9-12,14,16,19-20,27,32H,3-8,13,15H2,1-2H3. The Hall–Kier alpha value is -2.39. The summed E-state index contributed by atoms with van der Waals surface area (Å²) in [5, 5.41) is 18.2. The average Bonchev–Trinajstić information content (AvgIpc) is 3.60. The molecule has 2 aromatic heterocycles. The van der Waals surface area contributed by atoms with Crippen LogP contribution < -0.4 is 15.0 Å². The lowest BCUT2D eigenvalue weighted by atomic mass is 10.1. The van der Waals surface area contributed by atoms with Gasteiger partial charge < -0.3 is 24.8 Å². The minimum absolute atomic E-state index is 0.180. The van der Waals surface area contributed by atoms with Crippen molar-refractivity contribution in [2.45, 2.75) is 43.7 Å². The molecule has 2 aliphatic rings. The van der Waals surface area contributed by atoms with Crippen LogP contribution in [-0.4, -0.2) is 72.3 Å². The molecule has 2 N–H and O–H groups in total. The van der Waals surface area contributed by atoms with E-state index in [0.717, 1.165) is 48.8 Å². The molecule has 8 nitrogen and oxygen atoms in total. The molecule has 2 fully saturated rings. The molecule has 3 aromatic rings. The Morgan fingerprint density at radius 3 is 2.76 bits per heavy atom. The van der Waals surface area contributed by atoms with Crippen LogP contribution in [0.4, 0.5) is 5.82 Å². The molecule has 1 aliphatic heterocycles. The number of fused-ring (bicyclic) bond motifs is 1. The van der Waals surface area contributed by atoms with E-state index in [9.17, 15) is 5.11 Å². The zero-order chi connectivity index (χ0) is 23.7.